The van der Waals surface area contributed by atoms with E-state index in [0.29, 0.717) is 29.8 Å². The van der Waals surface area contributed by atoms with Crippen LogP contribution in [0.5, 0.6) is 17.2 Å². The average Bonchev–Trinajstić information content (AvgIpc) is 2.98. The van der Waals surface area contributed by atoms with Crippen LogP contribution in [0.25, 0.3) is 10.2 Å². The number of thiazole rings is 1. The average molecular weight is 343 g/mol. The van der Waals surface area contributed by atoms with Crippen LogP contribution in [-0.4, -0.2) is 23.3 Å². The Bertz CT molecular complexity index is 877. The van der Waals surface area contributed by atoms with Gasteiger partial charge in [0.1, 0.15) is 22.9 Å². The second-order valence-corrected chi connectivity index (χ2v) is 5.85. The molecule has 1 N–H and O–H groups in total. The maximum absolute atomic E-state index is 9.87. The molecule has 2 aromatic carbocycles. The quantitative estimate of drug-likeness (QED) is 0.623. The monoisotopic (exact) mass is 343 g/mol. The fraction of sp³-hybridized carbons (Fsp3) is 0.235. The Hall–Kier alpha value is -2.67. The van der Waals surface area contributed by atoms with Crippen molar-refractivity contribution in [3.8, 4) is 17.2 Å². The van der Waals surface area contributed by atoms with E-state index < -0.39 is 0 Å². The Morgan fingerprint density at radius 2 is 1.71 bits per heavy atom. The molecular weight excluding hydrogens is 326 g/mol. The third kappa shape index (κ3) is 3.62. The molecule has 0 saturated heterocycles. The molecule has 3 aromatic rings. The summed E-state index contributed by atoms with van der Waals surface area (Å²) in [6.45, 7) is 5.00. The van der Waals surface area contributed by atoms with Gasteiger partial charge in [-0.1, -0.05) is 11.3 Å². The van der Waals surface area contributed by atoms with Crippen molar-refractivity contribution >= 4 is 32.4 Å². The Morgan fingerprint density at radius 1 is 1.00 bits per heavy atom. The van der Waals surface area contributed by atoms with Crippen molar-refractivity contribution in [1.29, 1.82) is 0 Å². The molecule has 124 valence electrons. The van der Waals surface area contributed by atoms with Gasteiger partial charge >= 0.3 is 0 Å². The number of hydrogen-bond donors (Lipinski definition) is 1. The first-order chi connectivity index (χ1) is 11.7. The molecule has 0 bridgehead atoms. The number of hydrogen-bond acceptors (Lipinski definition) is 7. The van der Waals surface area contributed by atoms with E-state index in [-0.39, 0.29) is 5.75 Å². The van der Waals surface area contributed by atoms with Gasteiger partial charge in [-0.25, -0.2) is 4.98 Å². The molecule has 7 heteroatoms. The highest BCUT2D eigenvalue weighted by molar-refractivity contribution is 7.21. The normalized spacial score (nSPS) is 11.2. The van der Waals surface area contributed by atoms with Gasteiger partial charge < -0.3 is 14.6 Å². The predicted octanol–water partition coefficient (Wildman–Crippen LogP) is 5.21. The highest BCUT2D eigenvalue weighted by Crippen LogP contribution is 2.35. The molecule has 0 radical (unpaired) electrons. The molecule has 24 heavy (non-hydrogen) atoms. The van der Waals surface area contributed by atoms with Gasteiger partial charge in [-0.2, -0.15) is 0 Å². The van der Waals surface area contributed by atoms with Crippen LogP contribution in [0.4, 0.5) is 10.8 Å². The zero-order chi connectivity index (χ0) is 16.9. The van der Waals surface area contributed by atoms with E-state index in [1.54, 1.807) is 12.1 Å². The third-order valence-corrected chi connectivity index (χ3v) is 4.06. The van der Waals surface area contributed by atoms with Crippen molar-refractivity contribution in [3.05, 3.63) is 36.4 Å². The zero-order valence-corrected chi connectivity index (χ0v) is 14.2. The lowest BCUT2D eigenvalue weighted by molar-refractivity contribution is 0.339. The van der Waals surface area contributed by atoms with Gasteiger partial charge in [0.05, 0.1) is 23.4 Å². The van der Waals surface area contributed by atoms with E-state index in [2.05, 4.69) is 15.2 Å². The molecule has 1 aromatic heterocycles. The number of phenolic OH excluding ortho intramolecular Hbond substituents is 1. The number of fused-ring (bicyclic) bond motifs is 1. The molecule has 1 heterocycles. The lowest BCUT2D eigenvalue weighted by Gasteiger charge is -2.03. The van der Waals surface area contributed by atoms with E-state index in [9.17, 15) is 5.11 Å². The Morgan fingerprint density at radius 3 is 2.46 bits per heavy atom. The highest BCUT2D eigenvalue weighted by atomic mass is 32.1. The van der Waals surface area contributed by atoms with Crippen LogP contribution in [-0.2, 0) is 0 Å². The molecule has 0 aliphatic rings. The molecule has 6 nitrogen and oxygen atoms in total. The Kier molecular flexibility index (Phi) is 4.90. The highest BCUT2D eigenvalue weighted by Gasteiger charge is 2.06. The SMILES string of the molecule is CCOc1ccc(O)c(N=Nc2nc3ccc(OCC)cc3s2)c1. The minimum absolute atomic E-state index is 0.0435. The first-order valence-electron chi connectivity index (χ1n) is 7.60. The fourth-order valence-electron chi connectivity index (χ4n) is 2.13. The summed E-state index contributed by atoms with van der Waals surface area (Å²) in [5, 5.41) is 18.6. The summed E-state index contributed by atoms with van der Waals surface area (Å²) in [4.78, 5) is 4.41. The number of ether oxygens (including phenoxy) is 2. The number of aromatic nitrogens is 1. The van der Waals surface area contributed by atoms with Gasteiger partial charge in [-0.3, -0.25) is 0 Å². The standard InChI is InChI=1S/C17H17N3O3S/c1-3-22-11-6-8-15(21)14(9-11)19-20-17-18-13-7-5-12(23-4-2)10-16(13)24-17/h5-10,21H,3-4H2,1-2H3. The van der Waals surface area contributed by atoms with Crippen molar-refractivity contribution in [1.82, 2.24) is 4.98 Å². The van der Waals surface area contributed by atoms with Gasteiger partial charge in [-0.15, -0.1) is 10.2 Å². The molecule has 0 amide bonds. The fourth-order valence-corrected chi connectivity index (χ4v) is 2.94. The summed E-state index contributed by atoms with van der Waals surface area (Å²) in [5.74, 6) is 1.48. The maximum atomic E-state index is 9.87. The molecule has 3 rings (SSSR count). The number of azo groups is 1. The minimum Gasteiger partial charge on any atom is -0.506 e. The maximum Gasteiger partial charge on any atom is 0.231 e. The summed E-state index contributed by atoms with van der Waals surface area (Å²) >= 11 is 1.41. The van der Waals surface area contributed by atoms with Crippen LogP contribution in [0.15, 0.2) is 46.6 Å². The van der Waals surface area contributed by atoms with E-state index in [1.807, 2.05) is 32.0 Å². The van der Waals surface area contributed by atoms with Crippen LogP contribution in [0.1, 0.15) is 13.8 Å². The first kappa shape index (κ1) is 16.2. The van der Waals surface area contributed by atoms with E-state index >= 15 is 0 Å². The largest absolute Gasteiger partial charge is 0.506 e. The lowest BCUT2D eigenvalue weighted by Crippen LogP contribution is -1.90. The summed E-state index contributed by atoms with van der Waals surface area (Å²) in [5.41, 5.74) is 1.18. The predicted molar refractivity (Wildman–Crippen MR) is 94.2 cm³/mol. The van der Waals surface area contributed by atoms with Crippen molar-refractivity contribution in [3.63, 3.8) is 0 Å². The van der Waals surface area contributed by atoms with Crippen LogP contribution < -0.4 is 9.47 Å². The van der Waals surface area contributed by atoms with E-state index in [4.69, 9.17) is 9.47 Å². The van der Waals surface area contributed by atoms with Gasteiger partial charge in [-0.05, 0) is 44.2 Å². The second-order valence-electron chi connectivity index (χ2n) is 4.84. The van der Waals surface area contributed by atoms with Crippen molar-refractivity contribution in [2.24, 2.45) is 10.2 Å². The second kappa shape index (κ2) is 7.27. The van der Waals surface area contributed by atoms with E-state index in [0.717, 1.165) is 16.0 Å². The van der Waals surface area contributed by atoms with Gasteiger partial charge in [0, 0.05) is 6.07 Å². The van der Waals surface area contributed by atoms with Gasteiger partial charge in [0.15, 0.2) is 0 Å². The van der Waals surface area contributed by atoms with Crippen LogP contribution in [0, 0.1) is 0 Å². The van der Waals surface area contributed by atoms with E-state index in [1.165, 1.54) is 17.4 Å². The summed E-state index contributed by atoms with van der Waals surface area (Å²) < 4.78 is 11.9. The topological polar surface area (TPSA) is 76.3 Å². The zero-order valence-electron chi connectivity index (χ0n) is 13.4. The summed E-state index contributed by atoms with van der Waals surface area (Å²) in [6, 6.07) is 10.6. The molecule has 0 saturated carbocycles. The smallest absolute Gasteiger partial charge is 0.231 e. The number of nitrogens with zero attached hydrogens (tertiary/aromatic N) is 3. The van der Waals surface area contributed by atoms with Crippen LogP contribution in [0.3, 0.4) is 0 Å². The molecule has 0 aliphatic carbocycles. The third-order valence-electron chi connectivity index (χ3n) is 3.16. The van der Waals surface area contributed by atoms with Crippen molar-refractivity contribution < 1.29 is 14.6 Å². The molecule has 0 aliphatic heterocycles. The van der Waals surface area contributed by atoms with Crippen molar-refractivity contribution in [2.75, 3.05) is 13.2 Å². The van der Waals surface area contributed by atoms with Gasteiger partial charge in [0.2, 0.25) is 5.13 Å². The number of aromatic hydroxyl groups is 1. The van der Waals surface area contributed by atoms with Crippen molar-refractivity contribution in [2.45, 2.75) is 13.8 Å². The Balaban J connectivity index is 1.86. The molecule has 0 fully saturated rings. The summed E-state index contributed by atoms with van der Waals surface area (Å²) in [6.07, 6.45) is 0. The van der Waals surface area contributed by atoms with Crippen LogP contribution in [0.2, 0.25) is 0 Å². The lowest BCUT2D eigenvalue weighted by atomic mass is 10.3. The number of benzene rings is 2. The molecule has 0 atom stereocenters. The Labute approximate surface area is 143 Å². The molecular formula is C17H17N3O3S. The van der Waals surface area contributed by atoms with Gasteiger partial charge in [0.25, 0.3) is 0 Å². The summed E-state index contributed by atoms with van der Waals surface area (Å²) in [7, 11) is 0. The molecule has 0 spiro atoms. The number of phenols is 1. The number of rotatable bonds is 6. The molecule has 0 unspecified atom stereocenters. The first-order valence-corrected chi connectivity index (χ1v) is 8.42. The van der Waals surface area contributed by atoms with Crippen LogP contribution >= 0.6 is 11.3 Å². The minimum atomic E-state index is 0.0435.